The van der Waals surface area contributed by atoms with Crippen LogP contribution in [0.25, 0.3) is 10.9 Å². The van der Waals surface area contributed by atoms with E-state index in [9.17, 15) is 14.4 Å². The molecule has 1 fully saturated rings. The van der Waals surface area contributed by atoms with Gasteiger partial charge in [-0.15, -0.1) is 0 Å². The smallest absolute Gasteiger partial charge is 0.262 e. The van der Waals surface area contributed by atoms with Gasteiger partial charge in [-0.05, 0) is 81.5 Å². The van der Waals surface area contributed by atoms with Crippen LogP contribution in [0.5, 0.6) is 0 Å². The highest BCUT2D eigenvalue weighted by atomic mass is 35.5. The molecule has 1 saturated carbocycles. The Labute approximate surface area is 230 Å². The van der Waals surface area contributed by atoms with E-state index in [-0.39, 0.29) is 30.1 Å². The number of unbranched alkanes of at least 4 members (excludes halogenated alkanes) is 3. The molecule has 1 heterocycles. The summed E-state index contributed by atoms with van der Waals surface area (Å²) >= 11 is 6.01. The average molecular weight is 536 g/mol. The van der Waals surface area contributed by atoms with Gasteiger partial charge in [0.1, 0.15) is 0 Å². The number of halogens is 1. The van der Waals surface area contributed by atoms with Gasteiger partial charge in [0.05, 0.1) is 11.9 Å². The molecule has 0 unspecified atom stereocenters. The fraction of sp³-hybridized carbons (Fsp3) is 0.452. The van der Waals surface area contributed by atoms with E-state index in [2.05, 4.69) is 10.6 Å². The zero-order valence-corrected chi connectivity index (χ0v) is 23.2. The summed E-state index contributed by atoms with van der Waals surface area (Å²) in [5.74, 6) is 0.259. The minimum absolute atomic E-state index is 0.0450. The van der Waals surface area contributed by atoms with Crippen LogP contribution in [0, 0.1) is 19.8 Å². The molecule has 0 atom stereocenters. The van der Waals surface area contributed by atoms with Crippen LogP contribution in [0.2, 0.25) is 5.02 Å². The molecule has 4 rings (SSSR count). The number of amides is 2. The molecule has 7 heteroatoms. The van der Waals surface area contributed by atoms with Crippen molar-refractivity contribution in [2.24, 2.45) is 5.92 Å². The lowest BCUT2D eigenvalue weighted by Gasteiger charge is -2.10. The largest absolute Gasteiger partial charge is 0.356 e. The Bertz CT molecular complexity index is 1290. The first-order valence-corrected chi connectivity index (χ1v) is 14.2. The summed E-state index contributed by atoms with van der Waals surface area (Å²) in [7, 11) is 0. The summed E-state index contributed by atoms with van der Waals surface area (Å²) in [6.07, 6.45) is 8.53. The summed E-state index contributed by atoms with van der Waals surface area (Å²) < 4.78 is 1.70. The van der Waals surface area contributed by atoms with E-state index in [1.54, 1.807) is 28.8 Å². The van der Waals surface area contributed by atoms with E-state index in [1.807, 2.05) is 32.0 Å². The number of benzene rings is 2. The van der Waals surface area contributed by atoms with Gasteiger partial charge in [0.15, 0.2) is 0 Å². The molecule has 0 radical (unpaired) electrons. The number of fused-ring (bicyclic) bond motifs is 1. The summed E-state index contributed by atoms with van der Waals surface area (Å²) in [5.41, 5.74) is 4.08. The average Bonchev–Trinajstić information content (AvgIpc) is 3.53. The van der Waals surface area contributed by atoms with Crippen molar-refractivity contribution in [2.75, 3.05) is 13.1 Å². The van der Waals surface area contributed by atoms with E-state index in [0.717, 1.165) is 72.8 Å². The van der Waals surface area contributed by atoms with E-state index in [4.69, 9.17) is 11.6 Å². The summed E-state index contributed by atoms with van der Waals surface area (Å²) in [4.78, 5) is 38.3. The van der Waals surface area contributed by atoms with E-state index < -0.39 is 0 Å². The molecule has 0 bridgehead atoms. The third-order valence-corrected chi connectivity index (χ3v) is 7.82. The number of carbonyl (C=O) groups excluding carboxylic acids is 3. The summed E-state index contributed by atoms with van der Waals surface area (Å²) in [6.45, 7) is 5.27. The topological polar surface area (TPSA) is 80.2 Å². The maximum atomic E-state index is 13.4. The molecule has 38 heavy (non-hydrogen) atoms. The summed E-state index contributed by atoms with van der Waals surface area (Å²) in [6, 6.07) is 12.8. The van der Waals surface area contributed by atoms with Crippen molar-refractivity contribution in [3.8, 4) is 0 Å². The molecule has 2 N–H and O–H groups in total. The van der Waals surface area contributed by atoms with Crippen molar-refractivity contribution in [3.05, 3.63) is 69.9 Å². The predicted molar refractivity (Wildman–Crippen MR) is 153 cm³/mol. The minimum atomic E-state index is -0.140. The molecular formula is C31H38ClN3O3. The highest BCUT2D eigenvalue weighted by molar-refractivity contribution is 6.30. The second-order valence-electron chi connectivity index (χ2n) is 10.4. The first-order valence-electron chi connectivity index (χ1n) is 13.8. The highest BCUT2D eigenvalue weighted by Crippen LogP contribution is 2.29. The monoisotopic (exact) mass is 535 g/mol. The van der Waals surface area contributed by atoms with Crippen molar-refractivity contribution in [1.29, 1.82) is 0 Å². The highest BCUT2D eigenvalue weighted by Gasteiger charge is 2.22. The number of hydrogen-bond acceptors (Lipinski definition) is 3. The Hall–Kier alpha value is -3.12. The van der Waals surface area contributed by atoms with Gasteiger partial charge in [0.2, 0.25) is 11.8 Å². The van der Waals surface area contributed by atoms with E-state index >= 15 is 0 Å². The number of nitrogens with one attached hydrogen (secondary N) is 2. The lowest BCUT2D eigenvalue weighted by molar-refractivity contribution is -0.124. The second kappa shape index (κ2) is 13.1. The van der Waals surface area contributed by atoms with Gasteiger partial charge >= 0.3 is 0 Å². The van der Waals surface area contributed by atoms with Gasteiger partial charge in [-0.2, -0.15) is 0 Å². The van der Waals surface area contributed by atoms with E-state index in [0.29, 0.717) is 17.1 Å². The molecule has 0 aliphatic heterocycles. The number of aromatic nitrogens is 1. The first-order chi connectivity index (χ1) is 18.3. The van der Waals surface area contributed by atoms with Crippen LogP contribution in [0.4, 0.5) is 0 Å². The number of carbonyl (C=O) groups is 3. The van der Waals surface area contributed by atoms with Crippen LogP contribution < -0.4 is 10.6 Å². The maximum Gasteiger partial charge on any atom is 0.262 e. The Morgan fingerprint density at radius 3 is 2.24 bits per heavy atom. The van der Waals surface area contributed by atoms with Crippen molar-refractivity contribution in [1.82, 2.24) is 15.2 Å². The molecule has 0 saturated heterocycles. The van der Waals surface area contributed by atoms with Crippen molar-refractivity contribution >= 4 is 40.2 Å². The number of rotatable bonds is 11. The van der Waals surface area contributed by atoms with E-state index in [1.165, 1.54) is 12.8 Å². The van der Waals surface area contributed by atoms with Gasteiger partial charge in [-0.1, -0.05) is 48.9 Å². The van der Waals surface area contributed by atoms with Crippen molar-refractivity contribution in [3.63, 3.8) is 0 Å². The Kier molecular flexibility index (Phi) is 9.62. The Balaban J connectivity index is 1.29. The molecular weight excluding hydrogens is 498 g/mol. The van der Waals surface area contributed by atoms with Crippen molar-refractivity contribution < 1.29 is 14.4 Å². The molecule has 1 aromatic heterocycles. The van der Waals surface area contributed by atoms with Crippen LogP contribution in [-0.2, 0) is 16.0 Å². The Morgan fingerprint density at radius 2 is 1.55 bits per heavy atom. The van der Waals surface area contributed by atoms with Gasteiger partial charge in [0, 0.05) is 40.7 Å². The second-order valence-corrected chi connectivity index (χ2v) is 10.9. The van der Waals surface area contributed by atoms with Gasteiger partial charge < -0.3 is 10.6 Å². The maximum absolute atomic E-state index is 13.4. The molecule has 6 nitrogen and oxygen atoms in total. The zero-order chi connectivity index (χ0) is 27.1. The SMILES string of the molecule is Cc1ccc2c(c1)c(CC(=O)NCCCCCCNC(=O)C1CCCC1)c(C)n2C(=O)c1ccc(Cl)cc1. The number of aryl methyl sites for hydroxylation is 1. The third-order valence-electron chi connectivity index (χ3n) is 7.57. The standard InChI is InChI=1S/C31H38ClN3O3/c1-21-11-16-28-27(19-21)26(22(2)35(28)31(38)24-12-14-25(32)15-13-24)20-29(36)33-17-7-3-4-8-18-34-30(37)23-9-5-6-10-23/h11-16,19,23H,3-10,17-18,20H2,1-2H3,(H,33,36)(H,34,37). The molecule has 2 aromatic carbocycles. The van der Waals surface area contributed by atoms with Crippen LogP contribution >= 0.6 is 11.6 Å². The fourth-order valence-corrected chi connectivity index (χ4v) is 5.53. The van der Waals surface area contributed by atoms with Crippen LogP contribution in [0.15, 0.2) is 42.5 Å². The van der Waals surface area contributed by atoms with Gasteiger partial charge in [-0.3, -0.25) is 19.0 Å². The quantitative estimate of drug-likeness (QED) is 0.290. The predicted octanol–water partition coefficient (Wildman–Crippen LogP) is 6.13. The normalized spacial score (nSPS) is 13.7. The molecule has 2 amide bonds. The van der Waals surface area contributed by atoms with Gasteiger partial charge in [-0.25, -0.2) is 0 Å². The van der Waals surface area contributed by atoms with Crippen LogP contribution in [-0.4, -0.2) is 35.4 Å². The molecule has 1 aliphatic carbocycles. The Morgan fingerprint density at radius 1 is 0.895 bits per heavy atom. The molecule has 1 aliphatic rings. The van der Waals surface area contributed by atoms with Gasteiger partial charge in [0.25, 0.3) is 5.91 Å². The zero-order valence-electron chi connectivity index (χ0n) is 22.4. The third kappa shape index (κ3) is 6.84. The number of hydrogen-bond donors (Lipinski definition) is 2. The first kappa shape index (κ1) is 27.9. The molecule has 202 valence electrons. The van der Waals surface area contributed by atoms with Crippen LogP contribution in [0.1, 0.15) is 78.5 Å². The molecule has 0 spiro atoms. The lowest BCUT2D eigenvalue weighted by Crippen LogP contribution is -2.30. The van der Waals surface area contributed by atoms with Crippen molar-refractivity contribution in [2.45, 2.75) is 71.6 Å². The van der Waals surface area contributed by atoms with Crippen LogP contribution in [0.3, 0.4) is 0 Å². The lowest BCUT2D eigenvalue weighted by atomic mass is 10.1. The minimum Gasteiger partial charge on any atom is -0.356 e. The summed E-state index contributed by atoms with van der Waals surface area (Å²) in [5, 5.41) is 7.62. The number of nitrogens with zero attached hydrogens (tertiary/aromatic N) is 1. The fourth-order valence-electron chi connectivity index (χ4n) is 5.40. The molecule has 3 aromatic rings.